The molecular formula is C16H23N3O3S. The summed E-state index contributed by atoms with van der Waals surface area (Å²) in [7, 11) is 0. The summed E-state index contributed by atoms with van der Waals surface area (Å²) in [5.74, 6) is -0.299. The molecule has 23 heavy (non-hydrogen) atoms. The van der Waals surface area contributed by atoms with Gasteiger partial charge in [-0.2, -0.15) is 0 Å². The van der Waals surface area contributed by atoms with Crippen LogP contribution in [0.1, 0.15) is 44.5 Å². The number of carbonyl (C=O) groups is 3. The third kappa shape index (κ3) is 4.54. The van der Waals surface area contributed by atoms with Crippen molar-refractivity contribution >= 4 is 29.2 Å². The molecule has 0 saturated carbocycles. The van der Waals surface area contributed by atoms with E-state index in [-0.39, 0.29) is 48.8 Å². The van der Waals surface area contributed by atoms with Crippen LogP contribution in [-0.2, 0) is 9.59 Å². The monoisotopic (exact) mass is 337 g/mol. The van der Waals surface area contributed by atoms with Crippen LogP contribution in [0.5, 0.6) is 0 Å². The van der Waals surface area contributed by atoms with E-state index in [9.17, 15) is 14.4 Å². The molecule has 2 rings (SSSR count). The lowest BCUT2D eigenvalue weighted by molar-refractivity contribution is -0.126. The molecular weight excluding hydrogens is 314 g/mol. The topological polar surface area (TPSA) is 78.5 Å². The number of imide groups is 1. The lowest BCUT2D eigenvalue weighted by atomic mass is 9.85. The van der Waals surface area contributed by atoms with Crippen molar-refractivity contribution in [3.8, 4) is 0 Å². The van der Waals surface area contributed by atoms with Gasteiger partial charge in [-0.25, -0.2) is 4.79 Å². The minimum atomic E-state index is -0.374. The molecule has 0 aliphatic carbocycles. The van der Waals surface area contributed by atoms with Gasteiger partial charge in [0.1, 0.15) is 0 Å². The van der Waals surface area contributed by atoms with Crippen LogP contribution in [0.2, 0.25) is 0 Å². The van der Waals surface area contributed by atoms with Crippen LogP contribution < -0.4 is 10.6 Å². The normalized spacial score (nSPS) is 16.4. The Bertz CT molecular complexity index is 562. The first-order valence-electron chi connectivity index (χ1n) is 7.70. The Morgan fingerprint density at radius 1 is 1.43 bits per heavy atom. The van der Waals surface area contributed by atoms with Gasteiger partial charge in [0.2, 0.25) is 11.8 Å². The molecule has 1 aromatic rings. The first kappa shape index (κ1) is 17.5. The molecule has 1 aliphatic rings. The standard InChI is InChI=1S/C16H23N3O3S/c1-16(2,3)14(11-6-5-9-23-11)18-12(20)7-4-8-19-13(21)10-17-15(19)22/h5-6,9,14H,4,7-8,10H2,1-3H3,(H,17,22)(H,18,20)/t14-/m0/s1. The number of carbonyl (C=O) groups excluding carboxylic acids is 3. The third-order valence-electron chi connectivity index (χ3n) is 3.72. The van der Waals surface area contributed by atoms with Crippen molar-refractivity contribution in [1.29, 1.82) is 0 Å². The maximum Gasteiger partial charge on any atom is 0.324 e. The molecule has 4 amide bonds. The Balaban J connectivity index is 1.85. The maximum atomic E-state index is 12.2. The van der Waals surface area contributed by atoms with Crippen molar-refractivity contribution in [1.82, 2.24) is 15.5 Å². The van der Waals surface area contributed by atoms with Crippen LogP contribution in [0.3, 0.4) is 0 Å². The molecule has 2 N–H and O–H groups in total. The molecule has 1 aromatic heterocycles. The number of hydrogen-bond donors (Lipinski definition) is 2. The highest BCUT2D eigenvalue weighted by atomic mass is 32.1. The van der Waals surface area contributed by atoms with E-state index in [1.807, 2.05) is 17.5 Å². The van der Waals surface area contributed by atoms with E-state index < -0.39 is 0 Å². The van der Waals surface area contributed by atoms with Gasteiger partial charge in [0, 0.05) is 17.8 Å². The SMILES string of the molecule is CC(C)(C)[C@@H](NC(=O)CCCN1C(=O)CNC1=O)c1cccs1. The average Bonchev–Trinajstić information content (AvgIpc) is 3.08. The number of urea groups is 1. The maximum absolute atomic E-state index is 12.2. The fourth-order valence-corrected chi connectivity index (χ4v) is 3.50. The summed E-state index contributed by atoms with van der Waals surface area (Å²) in [5.41, 5.74) is -0.0919. The molecule has 0 bridgehead atoms. The van der Waals surface area contributed by atoms with Gasteiger partial charge in [0.25, 0.3) is 0 Å². The van der Waals surface area contributed by atoms with Crippen molar-refractivity contribution in [3.05, 3.63) is 22.4 Å². The van der Waals surface area contributed by atoms with Crippen molar-refractivity contribution in [3.63, 3.8) is 0 Å². The van der Waals surface area contributed by atoms with Crippen molar-refractivity contribution in [2.24, 2.45) is 5.41 Å². The average molecular weight is 337 g/mol. The number of thiophene rings is 1. The van der Waals surface area contributed by atoms with E-state index in [4.69, 9.17) is 0 Å². The molecule has 2 heterocycles. The molecule has 0 aromatic carbocycles. The number of amides is 4. The Labute approximate surface area is 140 Å². The molecule has 1 fully saturated rings. The smallest absolute Gasteiger partial charge is 0.324 e. The van der Waals surface area contributed by atoms with Crippen LogP contribution in [0, 0.1) is 5.41 Å². The zero-order chi connectivity index (χ0) is 17.0. The lowest BCUT2D eigenvalue weighted by Crippen LogP contribution is -2.37. The zero-order valence-corrected chi connectivity index (χ0v) is 14.5. The van der Waals surface area contributed by atoms with Crippen molar-refractivity contribution in [2.75, 3.05) is 13.1 Å². The van der Waals surface area contributed by atoms with Gasteiger partial charge in [-0.3, -0.25) is 14.5 Å². The highest BCUT2D eigenvalue weighted by Gasteiger charge is 2.30. The molecule has 7 heteroatoms. The summed E-state index contributed by atoms with van der Waals surface area (Å²) < 4.78 is 0. The predicted octanol–water partition coefficient (Wildman–Crippen LogP) is 2.28. The van der Waals surface area contributed by atoms with Crippen LogP contribution in [0.25, 0.3) is 0 Å². The molecule has 1 saturated heterocycles. The largest absolute Gasteiger partial charge is 0.348 e. The second-order valence-electron chi connectivity index (χ2n) is 6.69. The van der Waals surface area contributed by atoms with Crippen LogP contribution >= 0.6 is 11.3 Å². The number of nitrogens with one attached hydrogen (secondary N) is 2. The Morgan fingerprint density at radius 3 is 2.70 bits per heavy atom. The number of rotatable bonds is 6. The van der Waals surface area contributed by atoms with E-state index in [0.29, 0.717) is 6.42 Å². The number of hydrogen-bond acceptors (Lipinski definition) is 4. The summed E-state index contributed by atoms with van der Waals surface area (Å²) >= 11 is 1.62. The van der Waals surface area contributed by atoms with Gasteiger partial charge in [-0.15, -0.1) is 11.3 Å². The Hall–Kier alpha value is -1.89. The highest BCUT2D eigenvalue weighted by molar-refractivity contribution is 7.10. The molecule has 126 valence electrons. The second kappa shape index (κ2) is 7.12. The molecule has 0 unspecified atom stereocenters. The molecule has 6 nitrogen and oxygen atoms in total. The van der Waals surface area contributed by atoms with Gasteiger partial charge in [0.15, 0.2) is 0 Å². The van der Waals surface area contributed by atoms with E-state index in [0.717, 1.165) is 9.78 Å². The summed E-state index contributed by atoms with van der Waals surface area (Å²) in [5, 5.41) is 7.54. The second-order valence-corrected chi connectivity index (χ2v) is 7.67. The van der Waals surface area contributed by atoms with Crippen molar-refractivity contribution < 1.29 is 14.4 Å². The summed E-state index contributed by atoms with van der Waals surface area (Å²) in [6, 6.07) is 3.57. The summed E-state index contributed by atoms with van der Waals surface area (Å²) in [6.45, 7) is 6.59. The molecule has 1 aliphatic heterocycles. The van der Waals surface area contributed by atoms with E-state index in [2.05, 4.69) is 31.4 Å². The van der Waals surface area contributed by atoms with Crippen LogP contribution in [0.4, 0.5) is 4.79 Å². The van der Waals surface area contributed by atoms with Gasteiger partial charge in [-0.05, 0) is 23.3 Å². The van der Waals surface area contributed by atoms with Gasteiger partial charge < -0.3 is 10.6 Å². The quantitative estimate of drug-likeness (QED) is 0.782. The Morgan fingerprint density at radius 2 is 2.17 bits per heavy atom. The van der Waals surface area contributed by atoms with Gasteiger partial charge in [0.05, 0.1) is 12.6 Å². The zero-order valence-electron chi connectivity index (χ0n) is 13.7. The molecule has 0 radical (unpaired) electrons. The number of nitrogens with zero attached hydrogens (tertiary/aromatic N) is 1. The predicted molar refractivity (Wildman–Crippen MR) is 89.0 cm³/mol. The first-order chi connectivity index (χ1) is 10.8. The summed E-state index contributed by atoms with van der Waals surface area (Å²) in [4.78, 5) is 37.4. The van der Waals surface area contributed by atoms with E-state index in [1.165, 1.54) is 0 Å². The molecule has 1 atom stereocenters. The van der Waals surface area contributed by atoms with Crippen LogP contribution in [-0.4, -0.2) is 35.8 Å². The highest BCUT2D eigenvalue weighted by Crippen LogP contribution is 2.35. The van der Waals surface area contributed by atoms with Gasteiger partial charge >= 0.3 is 6.03 Å². The minimum Gasteiger partial charge on any atom is -0.348 e. The summed E-state index contributed by atoms with van der Waals surface area (Å²) in [6.07, 6.45) is 0.751. The van der Waals surface area contributed by atoms with E-state index >= 15 is 0 Å². The third-order valence-corrected chi connectivity index (χ3v) is 4.66. The van der Waals surface area contributed by atoms with Crippen LogP contribution in [0.15, 0.2) is 17.5 Å². The van der Waals surface area contributed by atoms with Crippen molar-refractivity contribution in [2.45, 2.75) is 39.7 Å². The van der Waals surface area contributed by atoms with Gasteiger partial charge in [-0.1, -0.05) is 26.8 Å². The fourth-order valence-electron chi connectivity index (χ4n) is 2.48. The minimum absolute atomic E-state index is 0.0493. The first-order valence-corrected chi connectivity index (χ1v) is 8.58. The van der Waals surface area contributed by atoms with E-state index in [1.54, 1.807) is 11.3 Å². The molecule has 0 spiro atoms. The fraction of sp³-hybridized carbons (Fsp3) is 0.562. The Kier molecular flexibility index (Phi) is 5.41. The lowest BCUT2D eigenvalue weighted by Gasteiger charge is -2.31.